The number of alkyl halides is 3. The van der Waals surface area contributed by atoms with Gasteiger partial charge in [-0.2, -0.15) is 13.2 Å². The largest absolute Gasteiger partial charge is 0.496 e. The predicted octanol–water partition coefficient (Wildman–Crippen LogP) is 3.24. The third-order valence-electron chi connectivity index (χ3n) is 2.98. The average molecular weight is 276 g/mol. The van der Waals surface area contributed by atoms with Gasteiger partial charge >= 0.3 is 6.18 Å². The first kappa shape index (κ1) is 15.8. The van der Waals surface area contributed by atoms with Crippen LogP contribution in [0.5, 0.6) is 5.75 Å². The molecule has 1 aromatic carbocycles. The second-order valence-electron chi connectivity index (χ2n) is 4.46. The van der Waals surface area contributed by atoms with Crippen molar-refractivity contribution in [2.75, 3.05) is 7.11 Å². The summed E-state index contributed by atoms with van der Waals surface area (Å²) < 4.78 is 41.5. The molecule has 1 rings (SSSR count). The maximum Gasteiger partial charge on any atom is 0.389 e. The van der Waals surface area contributed by atoms with Gasteiger partial charge in [0.2, 0.25) is 0 Å². The van der Waals surface area contributed by atoms with Gasteiger partial charge in [-0.3, -0.25) is 11.3 Å². The summed E-state index contributed by atoms with van der Waals surface area (Å²) in [6.45, 7) is 1.88. The van der Waals surface area contributed by atoms with Crippen LogP contribution in [0.3, 0.4) is 0 Å². The number of halogens is 3. The highest BCUT2D eigenvalue weighted by Crippen LogP contribution is 2.28. The van der Waals surface area contributed by atoms with E-state index in [0.29, 0.717) is 6.42 Å². The van der Waals surface area contributed by atoms with Gasteiger partial charge in [-0.15, -0.1) is 0 Å². The molecular formula is C13H19F3N2O. The van der Waals surface area contributed by atoms with Crippen LogP contribution in [0.2, 0.25) is 0 Å². The second-order valence-corrected chi connectivity index (χ2v) is 4.46. The van der Waals surface area contributed by atoms with Crippen molar-refractivity contribution < 1.29 is 17.9 Å². The van der Waals surface area contributed by atoms with Crippen LogP contribution in [-0.2, 0) is 0 Å². The summed E-state index contributed by atoms with van der Waals surface area (Å²) in [7, 11) is 1.57. The van der Waals surface area contributed by atoms with E-state index in [1.165, 1.54) is 0 Å². The van der Waals surface area contributed by atoms with Crippen LogP contribution >= 0.6 is 0 Å². The lowest BCUT2D eigenvalue weighted by molar-refractivity contribution is -0.135. The van der Waals surface area contributed by atoms with Gasteiger partial charge in [0.05, 0.1) is 7.11 Å². The van der Waals surface area contributed by atoms with E-state index in [1.54, 1.807) is 13.2 Å². The Morgan fingerprint density at radius 2 is 2.05 bits per heavy atom. The molecule has 0 aliphatic carbocycles. The van der Waals surface area contributed by atoms with E-state index in [4.69, 9.17) is 10.6 Å². The number of rotatable bonds is 6. The van der Waals surface area contributed by atoms with Crippen molar-refractivity contribution in [1.82, 2.24) is 5.43 Å². The van der Waals surface area contributed by atoms with Gasteiger partial charge in [0, 0.05) is 12.5 Å². The molecule has 108 valence electrons. The van der Waals surface area contributed by atoms with Gasteiger partial charge in [0.25, 0.3) is 0 Å². The molecule has 0 bridgehead atoms. The van der Waals surface area contributed by atoms with Gasteiger partial charge in [-0.25, -0.2) is 0 Å². The number of hydrazine groups is 1. The highest BCUT2D eigenvalue weighted by atomic mass is 19.4. The van der Waals surface area contributed by atoms with Crippen LogP contribution in [0.25, 0.3) is 0 Å². The van der Waals surface area contributed by atoms with Crippen molar-refractivity contribution in [1.29, 1.82) is 0 Å². The molecule has 19 heavy (non-hydrogen) atoms. The predicted molar refractivity (Wildman–Crippen MR) is 67.7 cm³/mol. The maximum absolute atomic E-state index is 12.1. The van der Waals surface area contributed by atoms with E-state index < -0.39 is 12.6 Å². The number of ether oxygens (including phenoxy) is 1. The van der Waals surface area contributed by atoms with E-state index in [1.807, 2.05) is 19.1 Å². The number of nitrogens with one attached hydrogen (secondary N) is 1. The third-order valence-corrected chi connectivity index (χ3v) is 2.98. The van der Waals surface area contributed by atoms with Crippen molar-refractivity contribution in [2.45, 2.75) is 38.4 Å². The molecule has 0 fully saturated rings. The summed E-state index contributed by atoms with van der Waals surface area (Å²) >= 11 is 0. The fourth-order valence-corrected chi connectivity index (χ4v) is 1.97. The first-order chi connectivity index (χ1) is 8.87. The molecule has 0 radical (unpaired) electrons. The molecule has 0 amide bonds. The monoisotopic (exact) mass is 276 g/mol. The highest BCUT2D eigenvalue weighted by Gasteiger charge is 2.26. The summed E-state index contributed by atoms with van der Waals surface area (Å²) in [5.74, 6) is 6.16. The lowest BCUT2D eigenvalue weighted by atomic mass is 9.99. The average Bonchev–Trinajstić information content (AvgIpc) is 2.33. The minimum atomic E-state index is -4.12. The zero-order valence-electron chi connectivity index (χ0n) is 11.1. The fourth-order valence-electron chi connectivity index (χ4n) is 1.97. The Kier molecular flexibility index (Phi) is 5.62. The van der Waals surface area contributed by atoms with Gasteiger partial charge in [-0.1, -0.05) is 12.1 Å². The summed E-state index contributed by atoms with van der Waals surface area (Å²) in [5, 5.41) is 0. The van der Waals surface area contributed by atoms with Crippen molar-refractivity contribution >= 4 is 0 Å². The van der Waals surface area contributed by atoms with E-state index >= 15 is 0 Å². The quantitative estimate of drug-likeness (QED) is 0.619. The highest BCUT2D eigenvalue weighted by molar-refractivity contribution is 5.37. The standard InChI is InChI=1S/C13H19F3N2O/c1-9-8-10(5-6-12(9)19-2)11(18-17)4-3-7-13(14,15)16/h5-6,8,11,18H,3-4,7,17H2,1-2H3. The topological polar surface area (TPSA) is 47.3 Å². The summed E-state index contributed by atoms with van der Waals surface area (Å²) in [6.07, 6.45) is -4.53. The number of methoxy groups -OCH3 is 1. The van der Waals surface area contributed by atoms with Crippen LogP contribution in [0.15, 0.2) is 18.2 Å². The summed E-state index contributed by atoms with van der Waals surface area (Å²) in [6, 6.07) is 5.19. The van der Waals surface area contributed by atoms with Crippen LogP contribution in [0.4, 0.5) is 13.2 Å². The molecule has 1 atom stereocenters. The zero-order valence-corrected chi connectivity index (χ0v) is 11.1. The van der Waals surface area contributed by atoms with Crippen LogP contribution in [0, 0.1) is 6.92 Å². The van der Waals surface area contributed by atoms with E-state index in [9.17, 15) is 13.2 Å². The SMILES string of the molecule is COc1ccc(C(CCCC(F)(F)F)NN)cc1C. The number of hydrogen-bond donors (Lipinski definition) is 2. The zero-order chi connectivity index (χ0) is 14.5. The van der Waals surface area contributed by atoms with Gasteiger partial charge in [0.15, 0.2) is 0 Å². The maximum atomic E-state index is 12.1. The number of nitrogens with two attached hydrogens (primary N) is 1. The molecule has 0 aromatic heterocycles. The van der Waals surface area contributed by atoms with Crippen LogP contribution in [-0.4, -0.2) is 13.3 Å². The first-order valence-corrected chi connectivity index (χ1v) is 6.05. The molecule has 0 saturated carbocycles. The molecule has 3 nitrogen and oxygen atoms in total. The summed E-state index contributed by atoms with van der Waals surface area (Å²) in [4.78, 5) is 0. The molecular weight excluding hydrogens is 257 g/mol. The van der Waals surface area contributed by atoms with E-state index in [0.717, 1.165) is 16.9 Å². The van der Waals surface area contributed by atoms with Crippen molar-refractivity contribution in [3.05, 3.63) is 29.3 Å². The van der Waals surface area contributed by atoms with E-state index in [-0.39, 0.29) is 12.5 Å². The first-order valence-electron chi connectivity index (χ1n) is 6.05. The molecule has 0 saturated heterocycles. The fraction of sp³-hybridized carbons (Fsp3) is 0.538. The van der Waals surface area contributed by atoms with Crippen LogP contribution < -0.4 is 16.0 Å². The second kappa shape index (κ2) is 6.77. The minimum absolute atomic E-state index is 0.0451. The molecule has 0 aliphatic rings. The Morgan fingerprint density at radius 3 is 2.53 bits per heavy atom. The van der Waals surface area contributed by atoms with Crippen molar-refractivity contribution in [3.8, 4) is 5.75 Å². The van der Waals surface area contributed by atoms with Crippen molar-refractivity contribution in [3.63, 3.8) is 0 Å². The Balaban J connectivity index is 2.67. The Bertz CT molecular complexity index is 407. The number of benzene rings is 1. The Labute approximate surface area is 110 Å². The third kappa shape index (κ3) is 5.08. The molecule has 0 aliphatic heterocycles. The molecule has 6 heteroatoms. The van der Waals surface area contributed by atoms with Crippen LogP contribution in [0.1, 0.15) is 36.4 Å². The molecule has 0 spiro atoms. The van der Waals surface area contributed by atoms with Gasteiger partial charge in [0.1, 0.15) is 5.75 Å². The lowest BCUT2D eigenvalue weighted by Crippen LogP contribution is -2.28. The summed E-state index contributed by atoms with van der Waals surface area (Å²) in [5.41, 5.74) is 4.35. The smallest absolute Gasteiger partial charge is 0.389 e. The van der Waals surface area contributed by atoms with Gasteiger partial charge < -0.3 is 4.74 Å². The molecule has 1 aromatic rings. The number of aryl methyl sites for hydroxylation is 1. The molecule has 3 N–H and O–H groups in total. The minimum Gasteiger partial charge on any atom is -0.496 e. The Morgan fingerprint density at radius 1 is 1.37 bits per heavy atom. The molecule has 1 unspecified atom stereocenters. The van der Waals surface area contributed by atoms with E-state index in [2.05, 4.69) is 5.43 Å². The lowest BCUT2D eigenvalue weighted by Gasteiger charge is -2.18. The normalized spacial score (nSPS) is 13.4. The van der Waals surface area contributed by atoms with Gasteiger partial charge in [-0.05, 0) is 37.0 Å². The number of hydrogen-bond acceptors (Lipinski definition) is 3. The van der Waals surface area contributed by atoms with Crippen molar-refractivity contribution in [2.24, 2.45) is 5.84 Å². The Hall–Kier alpha value is -1.27. The molecule has 0 heterocycles.